The average Bonchev–Trinajstić information content (AvgIpc) is 2.73. The van der Waals surface area contributed by atoms with Crippen molar-refractivity contribution in [3.63, 3.8) is 0 Å². The zero-order valence-electron chi connectivity index (χ0n) is 11.5. The Labute approximate surface area is 108 Å². The number of carbonyl (C=O) groups excluding carboxylic acids is 2. The lowest BCUT2D eigenvalue weighted by Crippen LogP contribution is -2.60. The van der Waals surface area contributed by atoms with Gasteiger partial charge in [0.15, 0.2) is 0 Å². The van der Waals surface area contributed by atoms with Gasteiger partial charge in [-0.15, -0.1) is 0 Å². The summed E-state index contributed by atoms with van der Waals surface area (Å²) in [6.45, 7) is 7.55. The summed E-state index contributed by atoms with van der Waals surface area (Å²) in [5.74, 6) is 0.144. The molecule has 0 aromatic rings. The first-order valence-corrected chi connectivity index (χ1v) is 6.64. The third-order valence-corrected chi connectivity index (χ3v) is 4.03. The zero-order valence-corrected chi connectivity index (χ0v) is 11.5. The number of hydrogen-bond donors (Lipinski definition) is 1. The molecule has 0 spiro atoms. The molecule has 2 N–H and O–H groups in total. The second-order valence-corrected chi connectivity index (χ2v) is 6.44. The van der Waals surface area contributed by atoms with Crippen LogP contribution < -0.4 is 5.73 Å². The van der Waals surface area contributed by atoms with Crippen molar-refractivity contribution < 1.29 is 9.59 Å². The standard InChI is InChI=1S/C13H23N3O2/c1-13(2,3)10(14)7-15-8-11(17)16-6-4-5-9(16)12(15)18/h9-10H,4-8,14H2,1-3H3. The summed E-state index contributed by atoms with van der Waals surface area (Å²) in [6, 6.07) is -0.333. The van der Waals surface area contributed by atoms with E-state index in [2.05, 4.69) is 20.8 Å². The van der Waals surface area contributed by atoms with E-state index in [0.29, 0.717) is 6.54 Å². The van der Waals surface area contributed by atoms with Crippen molar-refractivity contribution in [1.29, 1.82) is 0 Å². The number of fused-ring (bicyclic) bond motifs is 1. The molecule has 0 aromatic heterocycles. The highest BCUT2D eigenvalue weighted by Crippen LogP contribution is 2.25. The van der Waals surface area contributed by atoms with E-state index in [1.165, 1.54) is 0 Å². The highest BCUT2D eigenvalue weighted by molar-refractivity contribution is 5.95. The molecule has 0 aliphatic carbocycles. The van der Waals surface area contributed by atoms with Gasteiger partial charge in [-0.1, -0.05) is 20.8 Å². The van der Waals surface area contributed by atoms with Crippen LogP contribution in [0.5, 0.6) is 0 Å². The van der Waals surface area contributed by atoms with Crippen LogP contribution in [-0.2, 0) is 9.59 Å². The highest BCUT2D eigenvalue weighted by Gasteiger charge is 2.42. The van der Waals surface area contributed by atoms with Crippen molar-refractivity contribution in [3.05, 3.63) is 0 Å². The Kier molecular flexibility index (Phi) is 3.36. The fourth-order valence-corrected chi connectivity index (χ4v) is 2.53. The lowest BCUT2D eigenvalue weighted by atomic mass is 9.87. The predicted molar refractivity (Wildman–Crippen MR) is 68.7 cm³/mol. The Hall–Kier alpha value is -1.10. The molecule has 2 heterocycles. The van der Waals surface area contributed by atoms with Crippen molar-refractivity contribution in [2.24, 2.45) is 11.1 Å². The fraction of sp³-hybridized carbons (Fsp3) is 0.846. The average molecular weight is 253 g/mol. The monoisotopic (exact) mass is 253 g/mol. The first-order valence-electron chi connectivity index (χ1n) is 6.64. The molecule has 102 valence electrons. The molecular formula is C13H23N3O2. The van der Waals surface area contributed by atoms with Gasteiger partial charge in [-0.3, -0.25) is 9.59 Å². The van der Waals surface area contributed by atoms with Gasteiger partial charge in [0.25, 0.3) is 0 Å². The molecule has 0 aromatic carbocycles. The molecule has 0 saturated carbocycles. The summed E-state index contributed by atoms with van der Waals surface area (Å²) in [7, 11) is 0. The zero-order chi connectivity index (χ0) is 13.5. The van der Waals surface area contributed by atoms with Gasteiger partial charge in [0.1, 0.15) is 6.04 Å². The number of piperazine rings is 1. The maximum atomic E-state index is 12.3. The van der Waals surface area contributed by atoms with Crippen LogP contribution in [0.1, 0.15) is 33.6 Å². The van der Waals surface area contributed by atoms with E-state index in [1.807, 2.05) is 0 Å². The van der Waals surface area contributed by atoms with Crippen molar-refractivity contribution >= 4 is 11.8 Å². The number of carbonyl (C=O) groups is 2. The second-order valence-electron chi connectivity index (χ2n) is 6.44. The first kappa shape index (κ1) is 13.3. The van der Waals surface area contributed by atoms with E-state index in [1.54, 1.807) is 9.80 Å². The van der Waals surface area contributed by atoms with Gasteiger partial charge in [0, 0.05) is 19.1 Å². The van der Waals surface area contributed by atoms with Gasteiger partial charge in [0.2, 0.25) is 11.8 Å². The molecule has 5 nitrogen and oxygen atoms in total. The third kappa shape index (κ3) is 2.36. The number of amides is 2. The normalized spacial score (nSPS) is 26.6. The van der Waals surface area contributed by atoms with Crippen LogP contribution in [0.3, 0.4) is 0 Å². The van der Waals surface area contributed by atoms with Gasteiger partial charge in [-0.25, -0.2) is 0 Å². The molecule has 2 amide bonds. The van der Waals surface area contributed by atoms with Crippen LogP contribution in [0, 0.1) is 5.41 Å². The van der Waals surface area contributed by atoms with Crippen molar-refractivity contribution in [1.82, 2.24) is 9.80 Å². The van der Waals surface area contributed by atoms with E-state index in [-0.39, 0.29) is 35.9 Å². The second kappa shape index (κ2) is 4.53. The van der Waals surface area contributed by atoms with Gasteiger partial charge in [0.05, 0.1) is 6.54 Å². The predicted octanol–water partition coefficient (Wildman–Crippen LogP) is 0.193. The van der Waals surface area contributed by atoms with Crippen molar-refractivity contribution in [2.45, 2.75) is 45.7 Å². The fourth-order valence-electron chi connectivity index (χ4n) is 2.53. The van der Waals surface area contributed by atoms with Gasteiger partial charge >= 0.3 is 0 Å². The summed E-state index contributed by atoms with van der Waals surface area (Å²) < 4.78 is 0. The van der Waals surface area contributed by atoms with Crippen LogP contribution in [-0.4, -0.2) is 53.3 Å². The maximum absolute atomic E-state index is 12.3. The van der Waals surface area contributed by atoms with Gasteiger partial charge < -0.3 is 15.5 Å². The largest absolute Gasteiger partial charge is 0.330 e. The number of nitrogens with two attached hydrogens (primary N) is 1. The number of hydrogen-bond acceptors (Lipinski definition) is 3. The van der Waals surface area contributed by atoms with Crippen LogP contribution in [0.2, 0.25) is 0 Å². The summed E-state index contributed by atoms with van der Waals surface area (Å²) in [5, 5.41) is 0. The van der Waals surface area contributed by atoms with Crippen LogP contribution in [0.4, 0.5) is 0 Å². The molecule has 2 saturated heterocycles. The Morgan fingerprint density at radius 1 is 1.39 bits per heavy atom. The quantitative estimate of drug-likeness (QED) is 0.764. The molecule has 5 heteroatoms. The van der Waals surface area contributed by atoms with Gasteiger partial charge in [-0.2, -0.15) is 0 Å². The summed E-state index contributed by atoms with van der Waals surface area (Å²) in [5.41, 5.74) is 6.05. The molecule has 2 aliphatic rings. The summed E-state index contributed by atoms with van der Waals surface area (Å²) in [6.07, 6.45) is 1.73. The Morgan fingerprint density at radius 2 is 2.06 bits per heavy atom. The highest BCUT2D eigenvalue weighted by atomic mass is 16.2. The van der Waals surface area contributed by atoms with E-state index < -0.39 is 0 Å². The molecule has 2 atom stereocenters. The smallest absolute Gasteiger partial charge is 0.245 e. The van der Waals surface area contributed by atoms with Crippen LogP contribution in [0.25, 0.3) is 0 Å². The number of rotatable bonds is 2. The molecule has 0 bridgehead atoms. The molecule has 2 fully saturated rings. The SMILES string of the molecule is CC(C)(C)C(N)CN1CC(=O)N2CCCC2C1=O. The topological polar surface area (TPSA) is 66.6 Å². The van der Waals surface area contributed by atoms with Crippen LogP contribution in [0.15, 0.2) is 0 Å². The van der Waals surface area contributed by atoms with E-state index in [0.717, 1.165) is 19.4 Å². The minimum absolute atomic E-state index is 0.0594. The summed E-state index contributed by atoms with van der Waals surface area (Å²) in [4.78, 5) is 27.6. The first-order chi connectivity index (χ1) is 8.30. The molecule has 2 aliphatic heterocycles. The van der Waals surface area contributed by atoms with E-state index in [4.69, 9.17) is 5.73 Å². The molecular weight excluding hydrogens is 230 g/mol. The Morgan fingerprint density at radius 3 is 2.67 bits per heavy atom. The molecule has 2 rings (SSSR count). The van der Waals surface area contributed by atoms with Crippen molar-refractivity contribution in [3.8, 4) is 0 Å². The van der Waals surface area contributed by atoms with Crippen molar-refractivity contribution in [2.75, 3.05) is 19.6 Å². The Balaban J connectivity index is 2.06. The Bertz CT molecular complexity index is 362. The number of nitrogens with zero attached hydrogens (tertiary/aromatic N) is 2. The summed E-state index contributed by atoms with van der Waals surface area (Å²) >= 11 is 0. The van der Waals surface area contributed by atoms with E-state index in [9.17, 15) is 9.59 Å². The third-order valence-electron chi connectivity index (χ3n) is 4.03. The lowest BCUT2D eigenvalue weighted by molar-refractivity contribution is -0.154. The van der Waals surface area contributed by atoms with E-state index >= 15 is 0 Å². The minimum atomic E-state index is -0.224. The van der Waals surface area contributed by atoms with Crippen LogP contribution >= 0.6 is 0 Å². The lowest BCUT2D eigenvalue weighted by Gasteiger charge is -2.39. The molecule has 2 unspecified atom stereocenters. The molecule has 0 radical (unpaired) electrons. The minimum Gasteiger partial charge on any atom is -0.330 e. The van der Waals surface area contributed by atoms with Gasteiger partial charge in [-0.05, 0) is 18.3 Å². The maximum Gasteiger partial charge on any atom is 0.245 e. The molecule has 18 heavy (non-hydrogen) atoms.